The van der Waals surface area contributed by atoms with Gasteiger partial charge in [-0.15, -0.1) is 0 Å². The van der Waals surface area contributed by atoms with Gasteiger partial charge in [-0.1, -0.05) is 34.6 Å². The van der Waals surface area contributed by atoms with Crippen LogP contribution in [0.5, 0.6) is 0 Å². The molecule has 0 aromatic carbocycles. The summed E-state index contributed by atoms with van der Waals surface area (Å²) in [4.78, 5) is 14.3. The third-order valence-electron chi connectivity index (χ3n) is 3.00. The monoisotopic (exact) mass is 271 g/mol. The summed E-state index contributed by atoms with van der Waals surface area (Å²) in [5, 5.41) is 3.06. The van der Waals surface area contributed by atoms with Crippen LogP contribution in [0, 0.1) is 16.7 Å². The van der Waals surface area contributed by atoms with Crippen molar-refractivity contribution in [2.45, 2.75) is 41.0 Å². The van der Waals surface area contributed by atoms with Crippen LogP contribution in [-0.2, 0) is 4.79 Å². The lowest BCUT2D eigenvalue weighted by atomic mass is 9.84. The lowest BCUT2D eigenvalue weighted by Crippen LogP contribution is -2.44. The lowest BCUT2D eigenvalue weighted by Gasteiger charge is -2.30. The molecule has 1 atom stereocenters. The van der Waals surface area contributed by atoms with E-state index in [-0.39, 0.29) is 22.7 Å². The van der Waals surface area contributed by atoms with Crippen molar-refractivity contribution in [3.8, 4) is 0 Å². The highest BCUT2D eigenvalue weighted by atomic mass is 16.1. The summed E-state index contributed by atoms with van der Waals surface area (Å²) < 4.78 is 0. The van der Waals surface area contributed by atoms with Crippen molar-refractivity contribution in [3.05, 3.63) is 0 Å². The Morgan fingerprint density at radius 1 is 1.21 bits per heavy atom. The maximum Gasteiger partial charge on any atom is 0.224 e. The van der Waals surface area contributed by atoms with Crippen molar-refractivity contribution >= 4 is 5.91 Å². The smallest absolute Gasteiger partial charge is 0.224 e. The van der Waals surface area contributed by atoms with E-state index in [0.29, 0.717) is 13.1 Å². The molecule has 114 valence electrons. The maximum atomic E-state index is 12.2. The van der Waals surface area contributed by atoms with Crippen LogP contribution >= 0.6 is 0 Å². The van der Waals surface area contributed by atoms with Gasteiger partial charge in [0.2, 0.25) is 5.91 Å². The molecule has 0 saturated carbocycles. The number of hydrogen-bond acceptors (Lipinski definition) is 3. The summed E-state index contributed by atoms with van der Waals surface area (Å²) in [6, 6.07) is 0. The highest BCUT2D eigenvalue weighted by Crippen LogP contribution is 2.24. The zero-order valence-electron chi connectivity index (χ0n) is 13.8. The summed E-state index contributed by atoms with van der Waals surface area (Å²) in [5.41, 5.74) is 5.93. The minimum absolute atomic E-state index is 0.0695. The minimum Gasteiger partial charge on any atom is -0.355 e. The number of carbonyl (C=O) groups is 1. The van der Waals surface area contributed by atoms with Crippen LogP contribution in [-0.4, -0.2) is 44.5 Å². The second kappa shape index (κ2) is 7.25. The van der Waals surface area contributed by atoms with E-state index in [4.69, 9.17) is 5.73 Å². The standard InChI is InChI=1S/C15H33N3O/c1-14(2,3)8-12(9-16)13(19)17-10-15(4,5)11-18(6)7/h12H,8-11,16H2,1-7H3,(H,17,19). The first-order valence-corrected chi connectivity index (χ1v) is 7.09. The number of rotatable bonds is 7. The van der Waals surface area contributed by atoms with Crippen molar-refractivity contribution < 1.29 is 4.79 Å². The van der Waals surface area contributed by atoms with E-state index in [1.165, 1.54) is 0 Å². The van der Waals surface area contributed by atoms with Gasteiger partial charge in [0.25, 0.3) is 0 Å². The molecule has 0 heterocycles. The number of nitrogens with one attached hydrogen (secondary N) is 1. The fourth-order valence-electron chi connectivity index (χ4n) is 2.40. The molecule has 0 rings (SSSR count). The van der Waals surface area contributed by atoms with Crippen LogP contribution in [0.4, 0.5) is 0 Å². The van der Waals surface area contributed by atoms with Crippen LogP contribution in [0.1, 0.15) is 41.0 Å². The molecule has 0 bridgehead atoms. The van der Waals surface area contributed by atoms with E-state index < -0.39 is 0 Å². The SMILES string of the molecule is CN(C)CC(C)(C)CNC(=O)C(CN)CC(C)(C)C. The van der Waals surface area contributed by atoms with Gasteiger partial charge in [0, 0.05) is 19.6 Å². The first kappa shape index (κ1) is 18.4. The molecular weight excluding hydrogens is 238 g/mol. The molecule has 3 N–H and O–H groups in total. The van der Waals surface area contributed by atoms with Gasteiger partial charge in [-0.3, -0.25) is 4.79 Å². The van der Waals surface area contributed by atoms with Crippen molar-refractivity contribution in [2.75, 3.05) is 33.7 Å². The Balaban J connectivity index is 4.35. The van der Waals surface area contributed by atoms with Crippen LogP contribution in [0.2, 0.25) is 0 Å². The van der Waals surface area contributed by atoms with E-state index in [0.717, 1.165) is 13.0 Å². The van der Waals surface area contributed by atoms with Gasteiger partial charge >= 0.3 is 0 Å². The Bertz CT molecular complexity index is 280. The summed E-state index contributed by atoms with van der Waals surface area (Å²) in [6.07, 6.45) is 0.823. The molecule has 1 unspecified atom stereocenters. The fraction of sp³-hybridized carbons (Fsp3) is 0.933. The Morgan fingerprint density at radius 3 is 2.11 bits per heavy atom. The van der Waals surface area contributed by atoms with Gasteiger partial charge in [-0.05, 0) is 31.3 Å². The van der Waals surface area contributed by atoms with Gasteiger partial charge < -0.3 is 16.0 Å². The predicted octanol–water partition coefficient (Wildman–Crippen LogP) is 1.70. The first-order chi connectivity index (χ1) is 8.47. The molecule has 0 aliphatic heterocycles. The van der Waals surface area contributed by atoms with Gasteiger partial charge in [-0.25, -0.2) is 0 Å². The van der Waals surface area contributed by atoms with E-state index >= 15 is 0 Å². The van der Waals surface area contributed by atoms with E-state index in [2.05, 4.69) is 44.8 Å². The number of nitrogens with two attached hydrogens (primary N) is 1. The van der Waals surface area contributed by atoms with E-state index in [1.54, 1.807) is 0 Å². The average molecular weight is 271 g/mol. The van der Waals surface area contributed by atoms with Gasteiger partial charge in [0.1, 0.15) is 0 Å². The normalized spacial score (nSPS) is 14.6. The molecule has 0 fully saturated rings. The van der Waals surface area contributed by atoms with Crippen molar-refractivity contribution in [3.63, 3.8) is 0 Å². The zero-order valence-corrected chi connectivity index (χ0v) is 13.8. The Kier molecular flexibility index (Phi) is 7.01. The Hall–Kier alpha value is -0.610. The quantitative estimate of drug-likeness (QED) is 0.741. The summed E-state index contributed by atoms with van der Waals surface area (Å²) in [5.74, 6) is -0.000544. The third-order valence-corrected chi connectivity index (χ3v) is 3.00. The van der Waals surface area contributed by atoms with Gasteiger partial charge in [-0.2, -0.15) is 0 Å². The molecule has 0 aliphatic rings. The summed E-state index contributed by atoms with van der Waals surface area (Å²) in [6.45, 7) is 12.8. The molecule has 4 nitrogen and oxygen atoms in total. The van der Waals surface area contributed by atoms with E-state index in [9.17, 15) is 4.79 Å². The average Bonchev–Trinajstić information content (AvgIpc) is 2.19. The van der Waals surface area contributed by atoms with Crippen LogP contribution in [0.25, 0.3) is 0 Å². The van der Waals surface area contributed by atoms with Crippen LogP contribution in [0.3, 0.4) is 0 Å². The lowest BCUT2D eigenvalue weighted by molar-refractivity contribution is -0.126. The minimum atomic E-state index is -0.0878. The largest absolute Gasteiger partial charge is 0.355 e. The molecule has 1 amide bonds. The number of hydrogen-bond donors (Lipinski definition) is 2. The first-order valence-electron chi connectivity index (χ1n) is 7.09. The van der Waals surface area contributed by atoms with Crippen molar-refractivity contribution in [2.24, 2.45) is 22.5 Å². The molecule has 0 aromatic heterocycles. The molecule has 0 saturated heterocycles. The molecule has 4 heteroatoms. The summed E-state index contributed by atoms with van der Waals surface area (Å²) >= 11 is 0. The van der Waals surface area contributed by atoms with Gasteiger partial charge in [0.05, 0.1) is 5.92 Å². The predicted molar refractivity (Wildman–Crippen MR) is 82.0 cm³/mol. The molecule has 0 aromatic rings. The van der Waals surface area contributed by atoms with E-state index in [1.807, 2.05) is 14.1 Å². The van der Waals surface area contributed by atoms with Crippen LogP contribution in [0.15, 0.2) is 0 Å². The number of amides is 1. The topological polar surface area (TPSA) is 58.4 Å². The van der Waals surface area contributed by atoms with Crippen LogP contribution < -0.4 is 11.1 Å². The molecular formula is C15H33N3O. The Labute approximate surface area is 119 Å². The molecule has 0 aliphatic carbocycles. The Morgan fingerprint density at radius 2 is 1.74 bits per heavy atom. The zero-order chi connectivity index (χ0) is 15.3. The second-order valence-electron chi connectivity index (χ2n) is 7.82. The molecule has 19 heavy (non-hydrogen) atoms. The highest BCUT2D eigenvalue weighted by Gasteiger charge is 2.26. The summed E-state index contributed by atoms with van der Waals surface area (Å²) in [7, 11) is 4.09. The highest BCUT2D eigenvalue weighted by molar-refractivity contribution is 5.78. The number of nitrogens with zero attached hydrogens (tertiary/aromatic N) is 1. The third kappa shape index (κ3) is 9.00. The number of carbonyl (C=O) groups excluding carboxylic acids is 1. The van der Waals surface area contributed by atoms with Crippen molar-refractivity contribution in [1.82, 2.24) is 10.2 Å². The maximum absolute atomic E-state index is 12.2. The second-order valence-corrected chi connectivity index (χ2v) is 7.82. The van der Waals surface area contributed by atoms with Gasteiger partial charge in [0.15, 0.2) is 0 Å². The molecule has 0 radical (unpaired) electrons. The molecule has 0 spiro atoms. The van der Waals surface area contributed by atoms with Crippen molar-refractivity contribution in [1.29, 1.82) is 0 Å². The fourth-order valence-corrected chi connectivity index (χ4v) is 2.40.